The van der Waals surface area contributed by atoms with E-state index in [9.17, 15) is 8.42 Å². The molecule has 0 aromatic heterocycles. The van der Waals surface area contributed by atoms with Crippen LogP contribution in [-0.4, -0.2) is 18.7 Å². The number of rotatable bonds is 2. The molecule has 4 heteroatoms. The molecule has 0 aliphatic rings. The molecular formula is C6H16O3S. The van der Waals surface area contributed by atoms with Gasteiger partial charge in [-0.05, 0) is 6.92 Å². The fourth-order valence-electron chi connectivity index (χ4n) is 0. The van der Waals surface area contributed by atoms with Crippen molar-refractivity contribution in [2.45, 2.75) is 33.6 Å². The van der Waals surface area contributed by atoms with Crippen molar-refractivity contribution >= 4 is 10.1 Å². The van der Waals surface area contributed by atoms with E-state index in [1.807, 2.05) is 0 Å². The Morgan fingerprint density at radius 2 is 1.30 bits per heavy atom. The minimum Gasteiger partial charge on any atom is -0.286 e. The number of hydrogen-bond acceptors (Lipinski definition) is 2. The Bertz CT molecular complexity index is 135. The molecule has 0 radical (unpaired) electrons. The van der Waals surface area contributed by atoms with Crippen LogP contribution in [0.4, 0.5) is 0 Å². The van der Waals surface area contributed by atoms with Gasteiger partial charge in [-0.15, -0.1) is 0 Å². The summed E-state index contributed by atoms with van der Waals surface area (Å²) in [6.45, 7) is 5.73. The molecule has 0 aromatic rings. The second-order valence-electron chi connectivity index (χ2n) is 1.87. The maximum Gasteiger partial charge on any atom is 0.264 e. The molecule has 10 heavy (non-hydrogen) atoms. The predicted octanol–water partition coefficient (Wildman–Crippen LogP) is 1.70. The third-order valence-corrected chi connectivity index (χ3v) is 1.59. The lowest BCUT2D eigenvalue weighted by atomic mass is 10.4. The van der Waals surface area contributed by atoms with Crippen LogP contribution in [0.25, 0.3) is 0 Å². The Hall–Kier alpha value is -0.0900. The zero-order valence-corrected chi connectivity index (χ0v) is 7.61. The van der Waals surface area contributed by atoms with Crippen LogP contribution in [-0.2, 0) is 10.1 Å². The van der Waals surface area contributed by atoms with E-state index in [1.165, 1.54) is 19.8 Å². The summed E-state index contributed by atoms with van der Waals surface area (Å²) in [5, 5.41) is 0. The number of unbranched alkanes of at least 4 members (excludes halogenated alkanes) is 1. The molecule has 0 aromatic carbocycles. The normalized spacial score (nSPS) is 10.0. The third-order valence-electron chi connectivity index (χ3n) is 0.865. The fraction of sp³-hybridized carbons (Fsp3) is 1.00. The lowest BCUT2D eigenvalue weighted by Gasteiger charge is -1.79. The molecule has 0 heterocycles. The van der Waals surface area contributed by atoms with Gasteiger partial charge in [0.05, 0.1) is 5.75 Å². The molecule has 64 valence electrons. The van der Waals surface area contributed by atoms with Crippen molar-refractivity contribution in [3.8, 4) is 0 Å². The van der Waals surface area contributed by atoms with Gasteiger partial charge < -0.3 is 0 Å². The highest BCUT2D eigenvalue weighted by molar-refractivity contribution is 7.85. The maximum absolute atomic E-state index is 9.56. The maximum atomic E-state index is 9.56. The Balaban J connectivity index is 0. The van der Waals surface area contributed by atoms with Crippen LogP contribution in [0, 0.1) is 0 Å². The summed E-state index contributed by atoms with van der Waals surface area (Å²) in [5.41, 5.74) is 0. The summed E-state index contributed by atoms with van der Waals surface area (Å²) in [6, 6.07) is 0. The Kier molecular flexibility index (Phi) is 8.83. The fourth-order valence-corrected chi connectivity index (χ4v) is 0. The minimum absolute atomic E-state index is 0.201. The molecule has 0 saturated heterocycles. The third kappa shape index (κ3) is 24.7. The summed E-state index contributed by atoms with van der Waals surface area (Å²) in [7, 11) is -3.66. The summed E-state index contributed by atoms with van der Waals surface area (Å²) >= 11 is 0. The highest BCUT2D eigenvalue weighted by Crippen LogP contribution is 1.76. The van der Waals surface area contributed by atoms with Crippen LogP contribution in [0.15, 0.2) is 0 Å². The largest absolute Gasteiger partial charge is 0.286 e. The first-order chi connectivity index (χ1) is 4.47. The van der Waals surface area contributed by atoms with E-state index in [-0.39, 0.29) is 5.75 Å². The molecule has 3 nitrogen and oxygen atoms in total. The van der Waals surface area contributed by atoms with E-state index in [0.29, 0.717) is 0 Å². The van der Waals surface area contributed by atoms with Gasteiger partial charge >= 0.3 is 0 Å². The van der Waals surface area contributed by atoms with Gasteiger partial charge in [-0.1, -0.05) is 26.7 Å². The van der Waals surface area contributed by atoms with Crippen molar-refractivity contribution in [2.75, 3.05) is 5.75 Å². The van der Waals surface area contributed by atoms with Gasteiger partial charge in [0, 0.05) is 0 Å². The molecule has 0 aliphatic carbocycles. The average Bonchev–Trinajstić information content (AvgIpc) is 1.87. The molecule has 0 rings (SSSR count). The lowest BCUT2D eigenvalue weighted by molar-refractivity contribution is 0.484. The molecule has 1 N–H and O–H groups in total. The van der Waals surface area contributed by atoms with Crippen LogP contribution in [0.2, 0.25) is 0 Å². The molecule has 0 atom stereocenters. The smallest absolute Gasteiger partial charge is 0.264 e. The zero-order valence-electron chi connectivity index (χ0n) is 6.79. The van der Waals surface area contributed by atoms with Gasteiger partial charge in [-0.25, -0.2) is 0 Å². The van der Waals surface area contributed by atoms with Crippen LogP contribution in [0.1, 0.15) is 33.6 Å². The van der Waals surface area contributed by atoms with E-state index in [2.05, 4.69) is 13.8 Å². The molecule has 0 aliphatic heterocycles. The monoisotopic (exact) mass is 168 g/mol. The van der Waals surface area contributed by atoms with Gasteiger partial charge in [0.1, 0.15) is 0 Å². The second kappa shape index (κ2) is 7.02. The van der Waals surface area contributed by atoms with Gasteiger partial charge in [0.2, 0.25) is 0 Å². The Morgan fingerprint density at radius 3 is 1.30 bits per heavy atom. The Labute approximate surface area is 63.2 Å². The van der Waals surface area contributed by atoms with E-state index in [0.717, 1.165) is 0 Å². The van der Waals surface area contributed by atoms with Crippen molar-refractivity contribution in [3.05, 3.63) is 0 Å². The molecule has 0 unspecified atom stereocenters. The Morgan fingerprint density at radius 1 is 1.10 bits per heavy atom. The standard InChI is InChI=1S/C4H10.C2H6O3S/c1-3-4-2;1-2-6(3,4)5/h3-4H2,1-2H3;2H2,1H3,(H,3,4,5). The first kappa shape index (κ1) is 12.6. The first-order valence-corrected chi connectivity index (χ1v) is 5.04. The molecule has 0 bridgehead atoms. The molecule has 0 saturated carbocycles. The highest BCUT2D eigenvalue weighted by Gasteiger charge is 1.93. The van der Waals surface area contributed by atoms with Gasteiger partial charge in [0.15, 0.2) is 0 Å². The van der Waals surface area contributed by atoms with Crippen molar-refractivity contribution in [1.29, 1.82) is 0 Å². The van der Waals surface area contributed by atoms with Gasteiger partial charge in [0.25, 0.3) is 10.1 Å². The van der Waals surface area contributed by atoms with E-state index < -0.39 is 10.1 Å². The predicted molar refractivity (Wildman–Crippen MR) is 42.7 cm³/mol. The van der Waals surface area contributed by atoms with E-state index in [4.69, 9.17) is 4.55 Å². The molecule has 0 fully saturated rings. The average molecular weight is 168 g/mol. The van der Waals surface area contributed by atoms with Crippen LogP contribution >= 0.6 is 0 Å². The van der Waals surface area contributed by atoms with Crippen LogP contribution < -0.4 is 0 Å². The van der Waals surface area contributed by atoms with Gasteiger partial charge in [-0.2, -0.15) is 8.42 Å². The van der Waals surface area contributed by atoms with Crippen LogP contribution in [0.5, 0.6) is 0 Å². The van der Waals surface area contributed by atoms with Crippen molar-refractivity contribution in [1.82, 2.24) is 0 Å². The highest BCUT2D eigenvalue weighted by atomic mass is 32.2. The summed E-state index contributed by atoms with van der Waals surface area (Å²) in [5.74, 6) is -0.201. The first-order valence-electron chi connectivity index (χ1n) is 3.43. The van der Waals surface area contributed by atoms with Crippen LogP contribution in [0.3, 0.4) is 0 Å². The SMILES string of the molecule is CCCC.CCS(=O)(=O)O. The summed E-state index contributed by atoms with van der Waals surface area (Å²) in [6.07, 6.45) is 2.64. The summed E-state index contributed by atoms with van der Waals surface area (Å²) in [4.78, 5) is 0. The van der Waals surface area contributed by atoms with Crippen molar-refractivity contribution in [3.63, 3.8) is 0 Å². The van der Waals surface area contributed by atoms with Gasteiger partial charge in [-0.3, -0.25) is 4.55 Å². The minimum atomic E-state index is -3.66. The molecular weight excluding hydrogens is 152 g/mol. The van der Waals surface area contributed by atoms with Crippen molar-refractivity contribution in [2.24, 2.45) is 0 Å². The zero-order chi connectivity index (χ0) is 8.62. The van der Waals surface area contributed by atoms with E-state index in [1.54, 1.807) is 0 Å². The van der Waals surface area contributed by atoms with E-state index >= 15 is 0 Å². The second-order valence-corrected chi connectivity index (χ2v) is 3.61. The van der Waals surface area contributed by atoms with Crippen molar-refractivity contribution < 1.29 is 13.0 Å². The molecule has 0 spiro atoms. The lowest BCUT2D eigenvalue weighted by Crippen LogP contribution is -1.97. The number of hydrogen-bond donors (Lipinski definition) is 1. The quantitative estimate of drug-likeness (QED) is 0.638. The molecule has 0 amide bonds. The topological polar surface area (TPSA) is 54.4 Å². The summed E-state index contributed by atoms with van der Waals surface area (Å²) < 4.78 is 26.9.